The Hall–Kier alpha value is -3.30. The minimum absolute atomic E-state index is 0.171. The van der Waals surface area contributed by atoms with Crippen molar-refractivity contribution in [3.8, 4) is 11.5 Å². The lowest BCUT2D eigenvalue weighted by Crippen LogP contribution is -2.30. The van der Waals surface area contributed by atoms with Gasteiger partial charge in [-0.3, -0.25) is 9.52 Å². The second-order valence-electron chi connectivity index (χ2n) is 7.27. The van der Waals surface area contributed by atoms with Gasteiger partial charge in [0.05, 0.1) is 9.92 Å². The number of amides is 1. The van der Waals surface area contributed by atoms with Crippen molar-refractivity contribution in [3.05, 3.63) is 82.6 Å². The quantitative estimate of drug-likeness (QED) is 0.520. The molecule has 1 heterocycles. The van der Waals surface area contributed by atoms with Gasteiger partial charge in [-0.1, -0.05) is 17.7 Å². The Balaban J connectivity index is 1.46. The lowest BCUT2D eigenvalue weighted by molar-refractivity contribution is 0.0752. The highest BCUT2D eigenvalue weighted by Crippen LogP contribution is 2.33. The second kappa shape index (κ2) is 9.29. The van der Waals surface area contributed by atoms with E-state index in [9.17, 15) is 17.6 Å². The van der Waals surface area contributed by atoms with Crippen LogP contribution in [0.15, 0.2) is 65.6 Å². The van der Waals surface area contributed by atoms with E-state index in [4.69, 9.17) is 21.1 Å². The van der Waals surface area contributed by atoms with E-state index in [2.05, 4.69) is 4.72 Å². The van der Waals surface area contributed by atoms with E-state index < -0.39 is 15.8 Å². The van der Waals surface area contributed by atoms with Gasteiger partial charge in [-0.05, 0) is 67.1 Å². The van der Waals surface area contributed by atoms with Gasteiger partial charge < -0.3 is 14.4 Å². The monoisotopic (exact) mass is 490 g/mol. The normalized spacial score (nSPS) is 12.5. The van der Waals surface area contributed by atoms with Crippen LogP contribution in [-0.2, 0) is 16.6 Å². The number of benzene rings is 3. The minimum atomic E-state index is -3.97. The van der Waals surface area contributed by atoms with Crippen molar-refractivity contribution in [1.29, 1.82) is 0 Å². The van der Waals surface area contributed by atoms with Gasteiger partial charge in [-0.2, -0.15) is 0 Å². The number of hydrogen-bond acceptors (Lipinski definition) is 5. The van der Waals surface area contributed by atoms with Gasteiger partial charge in [-0.25, -0.2) is 12.8 Å². The van der Waals surface area contributed by atoms with E-state index in [-0.39, 0.29) is 28.3 Å². The van der Waals surface area contributed by atoms with E-state index in [0.717, 1.165) is 23.8 Å². The van der Waals surface area contributed by atoms with Gasteiger partial charge in [0.15, 0.2) is 11.5 Å². The SMILES string of the molecule is CCN(Cc1ccc2c(c1)OCO2)C(=O)c1ccc(NS(=O)(=O)c2ccc(F)c(Cl)c2)cc1. The summed E-state index contributed by atoms with van der Waals surface area (Å²) in [6.07, 6.45) is 0. The second-order valence-corrected chi connectivity index (χ2v) is 9.36. The molecule has 172 valence electrons. The summed E-state index contributed by atoms with van der Waals surface area (Å²) in [6.45, 7) is 2.92. The largest absolute Gasteiger partial charge is 0.454 e. The van der Waals surface area contributed by atoms with Gasteiger partial charge >= 0.3 is 0 Å². The third-order valence-electron chi connectivity index (χ3n) is 5.06. The fourth-order valence-electron chi connectivity index (χ4n) is 3.31. The smallest absolute Gasteiger partial charge is 0.261 e. The number of hydrogen-bond donors (Lipinski definition) is 1. The standard InChI is InChI=1S/C23H20ClFN2O5S/c1-2-27(13-15-3-10-21-22(11-15)32-14-31-21)23(28)16-4-6-17(7-5-16)26-33(29,30)18-8-9-20(25)19(24)12-18/h3-12,26H,2,13-14H2,1H3. The summed E-state index contributed by atoms with van der Waals surface area (Å²) in [5.41, 5.74) is 1.56. The molecule has 0 bridgehead atoms. The summed E-state index contributed by atoms with van der Waals surface area (Å²) >= 11 is 5.68. The molecule has 1 aliphatic heterocycles. The van der Waals surface area contributed by atoms with Crippen LogP contribution < -0.4 is 14.2 Å². The van der Waals surface area contributed by atoms with Crippen LogP contribution in [0.4, 0.5) is 10.1 Å². The topological polar surface area (TPSA) is 84.9 Å². The first-order valence-electron chi connectivity index (χ1n) is 10.0. The summed E-state index contributed by atoms with van der Waals surface area (Å²) in [5, 5.41) is -0.291. The van der Waals surface area contributed by atoms with E-state index in [0.29, 0.717) is 30.2 Å². The van der Waals surface area contributed by atoms with Gasteiger partial charge in [0.1, 0.15) is 5.82 Å². The Labute approximate surface area is 195 Å². The fourth-order valence-corrected chi connectivity index (χ4v) is 4.64. The number of rotatable bonds is 7. The van der Waals surface area contributed by atoms with Crippen LogP contribution in [0.25, 0.3) is 0 Å². The van der Waals surface area contributed by atoms with Crippen LogP contribution >= 0.6 is 11.6 Å². The highest BCUT2D eigenvalue weighted by Gasteiger charge is 2.19. The molecule has 1 amide bonds. The summed E-state index contributed by atoms with van der Waals surface area (Å²) < 4.78 is 51.5. The van der Waals surface area contributed by atoms with Crippen LogP contribution in [0.3, 0.4) is 0 Å². The van der Waals surface area contributed by atoms with Crippen LogP contribution in [0.2, 0.25) is 5.02 Å². The lowest BCUT2D eigenvalue weighted by Gasteiger charge is -2.21. The zero-order valence-corrected chi connectivity index (χ0v) is 19.1. The van der Waals surface area contributed by atoms with Crippen LogP contribution in [0.1, 0.15) is 22.8 Å². The average Bonchev–Trinajstić information content (AvgIpc) is 3.27. The molecule has 0 aliphatic carbocycles. The molecule has 3 aromatic rings. The number of fused-ring (bicyclic) bond motifs is 1. The predicted octanol–water partition coefficient (Wildman–Crippen LogP) is 4.67. The Bertz CT molecular complexity index is 1300. The van der Waals surface area contributed by atoms with Crippen molar-refractivity contribution >= 4 is 33.2 Å². The molecule has 1 N–H and O–H groups in total. The number of carbonyl (C=O) groups is 1. The van der Waals surface area contributed by atoms with Crippen LogP contribution in [0.5, 0.6) is 11.5 Å². The molecule has 33 heavy (non-hydrogen) atoms. The maximum atomic E-state index is 13.3. The fraction of sp³-hybridized carbons (Fsp3) is 0.174. The maximum absolute atomic E-state index is 13.3. The van der Waals surface area contributed by atoms with Gasteiger partial charge in [0.25, 0.3) is 15.9 Å². The molecule has 0 radical (unpaired) electrons. The summed E-state index contributed by atoms with van der Waals surface area (Å²) in [6, 6.07) is 14.7. The summed E-state index contributed by atoms with van der Waals surface area (Å²) in [5.74, 6) is 0.416. The van der Waals surface area contributed by atoms with Gasteiger partial charge in [0.2, 0.25) is 6.79 Å². The Kier molecular flexibility index (Phi) is 6.44. The highest BCUT2D eigenvalue weighted by atomic mass is 35.5. The summed E-state index contributed by atoms with van der Waals surface area (Å²) in [7, 11) is -3.97. The third kappa shape index (κ3) is 5.04. The zero-order chi connectivity index (χ0) is 23.6. The molecule has 0 spiro atoms. The Morgan fingerprint density at radius 1 is 1.06 bits per heavy atom. The van der Waals surface area contributed by atoms with E-state index in [1.54, 1.807) is 17.0 Å². The maximum Gasteiger partial charge on any atom is 0.261 e. The van der Waals surface area contributed by atoms with Crippen LogP contribution in [0, 0.1) is 5.82 Å². The van der Waals surface area contributed by atoms with Crippen LogP contribution in [-0.4, -0.2) is 32.6 Å². The van der Waals surface area contributed by atoms with E-state index >= 15 is 0 Å². The first kappa shape index (κ1) is 22.9. The number of nitrogens with one attached hydrogen (secondary N) is 1. The van der Waals surface area contributed by atoms with Gasteiger partial charge in [0, 0.05) is 24.3 Å². The van der Waals surface area contributed by atoms with Crippen molar-refractivity contribution in [1.82, 2.24) is 4.90 Å². The first-order chi connectivity index (χ1) is 15.8. The lowest BCUT2D eigenvalue weighted by atomic mass is 10.1. The van der Waals surface area contributed by atoms with Gasteiger partial charge in [-0.15, -0.1) is 0 Å². The molecule has 0 unspecified atom stereocenters. The zero-order valence-electron chi connectivity index (χ0n) is 17.5. The van der Waals surface area contributed by atoms with E-state index in [1.807, 2.05) is 25.1 Å². The molecule has 4 rings (SSSR count). The molecule has 0 atom stereocenters. The van der Waals surface area contributed by atoms with Crippen molar-refractivity contribution in [2.75, 3.05) is 18.1 Å². The first-order valence-corrected chi connectivity index (χ1v) is 11.9. The number of halogens is 2. The number of anilines is 1. The third-order valence-corrected chi connectivity index (χ3v) is 6.73. The van der Waals surface area contributed by atoms with Crippen molar-refractivity contribution in [2.45, 2.75) is 18.4 Å². The number of sulfonamides is 1. The average molecular weight is 491 g/mol. The number of ether oxygens (including phenoxy) is 2. The predicted molar refractivity (Wildman–Crippen MR) is 122 cm³/mol. The Morgan fingerprint density at radius 3 is 2.48 bits per heavy atom. The molecule has 1 aliphatic rings. The number of carbonyl (C=O) groups excluding carboxylic acids is 1. The molecule has 10 heteroatoms. The molecule has 0 fully saturated rings. The van der Waals surface area contributed by atoms with Crippen molar-refractivity contribution in [2.24, 2.45) is 0 Å². The molecule has 0 saturated heterocycles. The molecule has 3 aromatic carbocycles. The molecular formula is C23H20ClFN2O5S. The molecule has 7 nitrogen and oxygen atoms in total. The highest BCUT2D eigenvalue weighted by molar-refractivity contribution is 7.92. The van der Waals surface area contributed by atoms with Crippen molar-refractivity contribution in [3.63, 3.8) is 0 Å². The molecule has 0 saturated carbocycles. The van der Waals surface area contributed by atoms with E-state index in [1.165, 1.54) is 12.1 Å². The Morgan fingerprint density at radius 2 is 1.79 bits per heavy atom. The molecule has 0 aromatic heterocycles. The molecular weight excluding hydrogens is 471 g/mol. The summed E-state index contributed by atoms with van der Waals surface area (Å²) in [4.78, 5) is 14.5. The van der Waals surface area contributed by atoms with Crippen molar-refractivity contribution < 1.29 is 27.1 Å². The number of nitrogens with zero attached hydrogens (tertiary/aromatic N) is 1. The minimum Gasteiger partial charge on any atom is -0.454 e.